The van der Waals surface area contributed by atoms with E-state index in [0.29, 0.717) is 5.75 Å². The molecule has 0 radical (unpaired) electrons. The number of benzene rings is 2. The van der Waals surface area contributed by atoms with E-state index >= 15 is 0 Å². The van der Waals surface area contributed by atoms with Gasteiger partial charge in [-0.2, -0.15) is 4.98 Å². The van der Waals surface area contributed by atoms with Crippen molar-refractivity contribution >= 4 is 5.97 Å². The van der Waals surface area contributed by atoms with Crippen LogP contribution in [0.1, 0.15) is 22.3 Å². The quantitative estimate of drug-likeness (QED) is 0.412. The van der Waals surface area contributed by atoms with E-state index in [1.165, 1.54) is 48.5 Å². The van der Waals surface area contributed by atoms with Crippen molar-refractivity contribution in [3.05, 3.63) is 89.8 Å². The molecule has 0 saturated heterocycles. The standard InChI is InChI=1S/C21H14F2N2O5/c22-13-5-7-14(8-6-13)27-11-19-24-20(30-25-19)12-28-21(26)18-10-9-17(29-18)15-3-1-2-4-16(15)23/h1-10H,11-12H2. The molecule has 2 aromatic carbocycles. The van der Waals surface area contributed by atoms with Crippen molar-refractivity contribution in [2.75, 3.05) is 0 Å². The fraction of sp³-hybridized carbons (Fsp3) is 0.0952. The summed E-state index contributed by atoms with van der Waals surface area (Å²) in [7, 11) is 0. The predicted octanol–water partition coefficient (Wildman–Crippen LogP) is 4.54. The number of hydrogen-bond donors (Lipinski definition) is 0. The van der Waals surface area contributed by atoms with Gasteiger partial charge in [0.1, 0.15) is 23.1 Å². The lowest BCUT2D eigenvalue weighted by molar-refractivity contribution is 0.0394. The van der Waals surface area contributed by atoms with Gasteiger partial charge >= 0.3 is 5.97 Å². The highest BCUT2D eigenvalue weighted by Crippen LogP contribution is 2.25. The normalized spacial score (nSPS) is 10.7. The molecule has 0 spiro atoms. The molecule has 0 aliphatic heterocycles. The number of nitrogens with zero attached hydrogens (tertiary/aromatic N) is 2. The number of carbonyl (C=O) groups is 1. The molecule has 4 aromatic rings. The monoisotopic (exact) mass is 412 g/mol. The van der Waals surface area contributed by atoms with Crippen LogP contribution in [0.3, 0.4) is 0 Å². The second-order valence-electron chi connectivity index (χ2n) is 6.07. The van der Waals surface area contributed by atoms with Crippen LogP contribution in [0.25, 0.3) is 11.3 Å². The first-order valence-electron chi connectivity index (χ1n) is 8.80. The van der Waals surface area contributed by atoms with Gasteiger partial charge in [-0.3, -0.25) is 0 Å². The Balaban J connectivity index is 1.31. The second-order valence-corrected chi connectivity index (χ2v) is 6.07. The molecule has 0 saturated carbocycles. The first kappa shape index (κ1) is 19.3. The van der Waals surface area contributed by atoms with Gasteiger partial charge in [0, 0.05) is 0 Å². The van der Waals surface area contributed by atoms with Gasteiger partial charge in [0.2, 0.25) is 11.6 Å². The van der Waals surface area contributed by atoms with Gasteiger partial charge < -0.3 is 18.4 Å². The van der Waals surface area contributed by atoms with Crippen LogP contribution in [0, 0.1) is 11.6 Å². The molecular formula is C21H14F2N2O5. The van der Waals surface area contributed by atoms with Crippen LogP contribution in [0.5, 0.6) is 5.75 Å². The van der Waals surface area contributed by atoms with Crippen LogP contribution in [0.15, 0.2) is 69.6 Å². The molecule has 4 rings (SSSR count). The molecular weight excluding hydrogens is 398 g/mol. The topological polar surface area (TPSA) is 87.6 Å². The maximum atomic E-state index is 13.8. The highest BCUT2D eigenvalue weighted by molar-refractivity contribution is 5.87. The molecule has 0 aliphatic rings. The summed E-state index contributed by atoms with van der Waals surface area (Å²) in [5.41, 5.74) is 0.235. The molecule has 0 fully saturated rings. The lowest BCUT2D eigenvalue weighted by Gasteiger charge is -2.02. The van der Waals surface area contributed by atoms with E-state index < -0.39 is 11.8 Å². The van der Waals surface area contributed by atoms with E-state index in [2.05, 4.69) is 10.1 Å². The summed E-state index contributed by atoms with van der Waals surface area (Å²) < 4.78 is 47.5. The summed E-state index contributed by atoms with van der Waals surface area (Å²) in [4.78, 5) is 16.2. The van der Waals surface area contributed by atoms with Gasteiger partial charge in [-0.15, -0.1) is 0 Å². The first-order chi connectivity index (χ1) is 14.6. The third-order valence-corrected chi connectivity index (χ3v) is 3.96. The van der Waals surface area contributed by atoms with Crippen molar-refractivity contribution in [3.8, 4) is 17.1 Å². The average Bonchev–Trinajstić information content (AvgIpc) is 3.42. The number of rotatable bonds is 7. The van der Waals surface area contributed by atoms with Gasteiger partial charge in [-0.1, -0.05) is 17.3 Å². The Bertz CT molecular complexity index is 1150. The number of ether oxygens (including phenoxy) is 2. The largest absolute Gasteiger partial charge is 0.485 e. The second kappa shape index (κ2) is 8.56. The van der Waals surface area contributed by atoms with E-state index in [0.717, 1.165) is 0 Å². The molecule has 7 nitrogen and oxygen atoms in total. The van der Waals surface area contributed by atoms with E-state index in [1.807, 2.05) is 0 Å². The zero-order valence-corrected chi connectivity index (χ0v) is 15.4. The van der Waals surface area contributed by atoms with Crippen LogP contribution < -0.4 is 4.74 Å². The number of furan rings is 1. The maximum absolute atomic E-state index is 13.8. The smallest absolute Gasteiger partial charge is 0.374 e. The fourth-order valence-corrected chi connectivity index (χ4v) is 2.54. The molecule has 0 atom stereocenters. The van der Waals surface area contributed by atoms with Crippen molar-refractivity contribution in [2.24, 2.45) is 0 Å². The minimum atomic E-state index is -0.764. The fourth-order valence-electron chi connectivity index (χ4n) is 2.54. The molecule has 9 heteroatoms. The molecule has 2 aromatic heterocycles. The molecule has 0 N–H and O–H groups in total. The van der Waals surface area contributed by atoms with Crippen LogP contribution in [0.2, 0.25) is 0 Å². The zero-order valence-electron chi connectivity index (χ0n) is 15.4. The number of carbonyl (C=O) groups excluding carboxylic acids is 1. The Hall–Kier alpha value is -4.01. The highest BCUT2D eigenvalue weighted by Gasteiger charge is 2.17. The van der Waals surface area contributed by atoms with E-state index in [1.54, 1.807) is 12.1 Å². The molecule has 30 heavy (non-hydrogen) atoms. The van der Waals surface area contributed by atoms with Crippen molar-refractivity contribution in [3.63, 3.8) is 0 Å². The highest BCUT2D eigenvalue weighted by atomic mass is 19.1. The molecule has 0 aliphatic carbocycles. The van der Waals surface area contributed by atoms with Crippen molar-refractivity contribution in [1.82, 2.24) is 10.1 Å². The van der Waals surface area contributed by atoms with Crippen LogP contribution in [-0.4, -0.2) is 16.1 Å². The summed E-state index contributed by atoms with van der Waals surface area (Å²) in [6.45, 7) is -0.286. The summed E-state index contributed by atoms with van der Waals surface area (Å²) >= 11 is 0. The Morgan fingerprint density at radius 1 is 0.967 bits per heavy atom. The Labute approximate surface area is 168 Å². The zero-order chi connectivity index (χ0) is 20.9. The Morgan fingerprint density at radius 2 is 1.77 bits per heavy atom. The SMILES string of the molecule is O=C(OCc1nc(COc2ccc(F)cc2)no1)c1ccc(-c2ccccc2F)o1. The summed E-state index contributed by atoms with van der Waals surface area (Å²) in [5.74, 6) is -0.757. The first-order valence-corrected chi connectivity index (χ1v) is 8.80. The summed E-state index contributed by atoms with van der Waals surface area (Å²) in [6.07, 6.45) is 0. The van der Waals surface area contributed by atoms with E-state index in [-0.39, 0.29) is 47.8 Å². The average molecular weight is 412 g/mol. The van der Waals surface area contributed by atoms with Crippen LogP contribution >= 0.6 is 0 Å². The van der Waals surface area contributed by atoms with Crippen LogP contribution in [-0.2, 0) is 18.0 Å². The third kappa shape index (κ3) is 4.52. The van der Waals surface area contributed by atoms with E-state index in [9.17, 15) is 13.6 Å². The van der Waals surface area contributed by atoms with Gasteiger partial charge in [0.25, 0.3) is 5.89 Å². The number of esters is 1. The molecule has 0 bridgehead atoms. The van der Waals surface area contributed by atoms with Gasteiger partial charge in [-0.05, 0) is 48.5 Å². The van der Waals surface area contributed by atoms with Crippen molar-refractivity contribution < 1.29 is 32.0 Å². The predicted molar refractivity (Wildman–Crippen MR) is 98.3 cm³/mol. The maximum Gasteiger partial charge on any atom is 0.374 e. The lowest BCUT2D eigenvalue weighted by atomic mass is 10.1. The molecule has 152 valence electrons. The summed E-state index contributed by atoms with van der Waals surface area (Å²) in [5, 5.41) is 3.71. The van der Waals surface area contributed by atoms with Crippen LogP contribution in [0.4, 0.5) is 8.78 Å². The van der Waals surface area contributed by atoms with Crippen molar-refractivity contribution in [2.45, 2.75) is 13.2 Å². The van der Waals surface area contributed by atoms with Gasteiger partial charge in [0.15, 0.2) is 13.2 Å². The number of aromatic nitrogens is 2. The third-order valence-electron chi connectivity index (χ3n) is 3.96. The molecule has 0 unspecified atom stereocenters. The van der Waals surface area contributed by atoms with Gasteiger partial charge in [-0.25, -0.2) is 13.6 Å². The summed E-state index contributed by atoms with van der Waals surface area (Å²) in [6, 6.07) is 14.4. The van der Waals surface area contributed by atoms with Crippen molar-refractivity contribution in [1.29, 1.82) is 0 Å². The molecule has 0 amide bonds. The minimum absolute atomic E-state index is 0.00668. The minimum Gasteiger partial charge on any atom is -0.485 e. The molecule has 2 heterocycles. The van der Waals surface area contributed by atoms with Gasteiger partial charge in [0.05, 0.1) is 5.56 Å². The van der Waals surface area contributed by atoms with E-state index in [4.69, 9.17) is 18.4 Å². The number of hydrogen-bond acceptors (Lipinski definition) is 7. The Kier molecular flexibility index (Phi) is 5.51. The number of halogens is 2. The Morgan fingerprint density at radius 3 is 2.57 bits per heavy atom. The lowest BCUT2D eigenvalue weighted by Crippen LogP contribution is -2.04.